The molecule has 0 amide bonds. The molecule has 2 nitrogen and oxygen atoms in total. The van der Waals surface area contributed by atoms with Crippen molar-refractivity contribution in [2.45, 2.75) is 61.3 Å². The van der Waals surface area contributed by atoms with E-state index < -0.39 is 0 Å². The molecule has 0 saturated carbocycles. The normalized spacial score (nSPS) is 27.4. The summed E-state index contributed by atoms with van der Waals surface area (Å²) < 4.78 is 0. The van der Waals surface area contributed by atoms with E-state index in [1.165, 1.54) is 0 Å². The maximum atomic E-state index is 12.3. The van der Waals surface area contributed by atoms with E-state index in [1.807, 2.05) is 0 Å². The van der Waals surface area contributed by atoms with Crippen LogP contribution in [-0.4, -0.2) is 30.3 Å². The summed E-state index contributed by atoms with van der Waals surface area (Å²) in [6.45, 7) is 18.8. The van der Waals surface area contributed by atoms with Crippen LogP contribution in [0.25, 0.3) is 0 Å². The maximum absolute atomic E-state index is 12.3. The number of likely N-dealkylation sites (tertiary alicyclic amines) is 1. The molecule has 0 aromatic heterocycles. The van der Waals surface area contributed by atoms with Gasteiger partial charge in [-0.15, -0.1) is 0 Å². The molecule has 1 aliphatic heterocycles. The molecule has 0 aromatic rings. The minimum atomic E-state index is 0.204. The second kappa shape index (κ2) is 5.95. The lowest BCUT2D eigenvalue weighted by Crippen LogP contribution is -2.41. The van der Waals surface area contributed by atoms with Crippen molar-refractivity contribution in [2.24, 2.45) is 22.7 Å². The van der Waals surface area contributed by atoms with E-state index >= 15 is 0 Å². The van der Waals surface area contributed by atoms with Crippen LogP contribution in [0.5, 0.6) is 0 Å². The Hall–Kier alpha value is -0.370. The van der Waals surface area contributed by atoms with Gasteiger partial charge in [-0.25, -0.2) is 0 Å². The summed E-state index contributed by atoms with van der Waals surface area (Å²) in [5.41, 5.74) is 0.463. The summed E-state index contributed by atoms with van der Waals surface area (Å²) in [6, 6.07) is 0. The van der Waals surface area contributed by atoms with Crippen molar-refractivity contribution in [3.63, 3.8) is 0 Å². The van der Waals surface area contributed by atoms with Crippen molar-refractivity contribution in [3.05, 3.63) is 0 Å². The first-order valence-electron chi connectivity index (χ1n) is 7.79. The van der Waals surface area contributed by atoms with Gasteiger partial charge in [0.2, 0.25) is 0 Å². The molecule has 0 N–H and O–H groups in total. The fourth-order valence-corrected chi connectivity index (χ4v) is 3.45. The highest BCUT2D eigenvalue weighted by Crippen LogP contribution is 2.44. The van der Waals surface area contributed by atoms with Crippen molar-refractivity contribution in [1.29, 1.82) is 0 Å². The van der Waals surface area contributed by atoms with Gasteiger partial charge in [-0.05, 0) is 35.6 Å². The molecule has 0 radical (unpaired) electrons. The quantitative estimate of drug-likeness (QED) is 0.754. The number of rotatable bonds is 2. The van der Waals surface area contributed by atoms with Gasteiger partial charge in [-0.3, -0.25) is 9.69 Å². The number of hydrogen-bond donors (Lipinski definition) is 0. The Morgan fingerprint density at radius 3 is 2.00 bits per heavy atom. The molecule has 1 fully saturated rings. The number of ketones is 1. The van der Waals surface area contributed by atoms with Gasteiger partial charge >= 0.3 is 0 Å². The van der Waals surface area contributed by atoms with Gasteiger partial charge in [0.15, 0.2) is 0 Å². The van der Waals surface area contributed by atoms with E-state index in [4.69, 9.17) is 0 Å². The summed E-state index contributed by atoms with van der Waals surface area (Å²) in [6.07, 6.45) is 1.88. The zero-order valence-electron chi connectivity index (χ0n) is 14.0. The molecular formula is C17H33NO. The van der Waals surface area contributed by atoms with Crippen LogP contribution in [0.4, 0.5) is 0 Å². The number of carbonyl (C=O) groups excluding carboxylic acids is 1. The van der Waals surface area contributed by atoms with Crippen LogP contribution in [-0.2, 0) is 4.79 Å². The molecule has 2 atom stereocenters. The average molecular weight is 267 g/mol. The van der Waals surface area contributed by atoms with Gasteiger partial charge < -0.3 is 0 Å². The highest BCUT2D eigenvalue weighted by Gasteiger charge is 2.42. The smallest absolute Gasteiger partial charge is 0.147 e. The number of Topliss-reactive ketones (excluding diaryl/α,β-unsaturated/α-hetero) is 1. The number of hydrogen-bond acceptors (Lipinski definition) is 2. The summed E-state index contributed by atoms with van der Waals surface area (Å²) >= 11 is 0. The monoisotopic (exact) mass is 267 g/mol. The summed E-state index contributed by atoms with van der Waals surface area (Å²) in [5.74, 6) is 1.51. The minimum Gasteiger partial charge on any atom is -0.298 e. The van der Waals surface area contributed by atoms with Crippen LogP contribution in [0.2, 0.25) is 0 Å². The van der Waals surface area contributed by atoms with Crippen LogP contribution in [0.15, 0.2) is 0 Å². The van der Waals surface area contributed by atoms with Gasteiger partial charge in [0.05, 0.1) is 6.54 Å². The van der Waals surface area contributed by atoms with E-state index in [0.29, 0.717) is 24.2 Å². The standard InChI is InChI=1S/C17H33NO/c1-8-9-18-11-13(19)10-14(16(2,3)4)15(12-18)17(5,6)7/h14-15H,8-12H2,1-7H3. The molecule has 0 aliphatic carbocycles. The van der Waals surface area contributed by atoms with E-state index in [9.17, 15) is 4.79 Å². The topological polar surface area (TPSA) is 20.3 Å². The van der Waals surface area contributed by atoms with Crippen LogP contribution in [0.3, 0.4) is 0 Å². The first kappa shape index (κ1) is 16.7. The van der Waals surface area contributed by atoms with Gasteiger partial charge in [0.1, 0.15) is 5.78 Å². The third kappa shape index (κ3) is 4.59. The lowest BCUT2D eigenvalue weighted by Gasteiger charge is -2.43. The average Bonchev–Trinajstić information content (AvgIpc) is 2.36. The first-order chi connectivity index (χ1) is 8.55. The largest absolute Gasteiger partial charge is 0.298 e. The Labute approximate surface area is 119 Å². The van der Waals surface area contributed by atoms with E-state index in [0.717, 1.165) is 25.9 Å². The molecule has 1 heterocycles. The van der Waals surface area contributed by atoms with Crippen LogP contribution >= 0.6 is 0 Å². The molecule has 1 rings (SSSR count). The number of nitrogens with zero attached hydrogens (tertiary/aromatic N) is 1. The molecule has 112 valence electrons. The fraction of sp³-hybridized carbons (Fsp3) is 0.941. The molecule has 0 spiro atoms. The predicted molar refractivity (Wildman–Crippen MR) is 82.2 cm³/mol. The lowest BCUT2D eigenvalue weighted by atomic mass is 9.63. The second-order valence-corrected chi connectivity index (χ2v) is 8.42. The Bertz CT molecular complexity index is 308. The molecule has 0 bridgehead atoms. The molecule has 2 heteroatoms. The van der Waals surface area contributed by atoms with Crippen LogP contribution < -0.4 is 0 Å². The summed E-state index contributed by atoms with van der Waals surface area (Å²) in [7, 11) is 0. The predicted octanol–water partition coefficient (Wildman–Crippen LogP) is 4.00. The van der Waals surface area contributed by atoms with Gasteiger partial charge in [-0.2, -0.15) is 0 Å². The first-order valence-corrected chi connectivity index (χ1v) is 7.79. The van der Waals surface area contributed by atoms with E-state index in [-0.39, 0.29) is 10.8 Å². The highest BCUT2D eigenvalue weighted by atomic mass is 16.1. The van der Waals surface area contributed by atoms with Gasteiger partial charge in [-0.1, -0.05) is 48.5 Å². The Kier molecular flexibility index (Phi) is 5.22. The Morgan fingerprint density at radius 1 is 1.05 bits per heavy atom. The van der Waals surface area contributed by atoms with Crippen LogP contribution in [0.1, 0.15) is 61.3 Å². The van der Waals surface area contributed by atoms with Crippen molar-refractivity contribution >= 4 is 5.78 Å². The lowest BCUT2D eigenvalue weighted by molar-refractivity contribution is -0.121. The van der Waals surface area contributed by atoms with Crippen molar-refractivity contribution < 1.29 is 4.79 Å². The zero-order valence-corrected chi connectivity index (χ0v) is 14.0. The van der Waals surface area contributed by atoms with E-state index in [1.54, 1.807) is 0 Å². The third-order valence-electron chi connectivity index (χ3n) is 4.55. The molecule has 1 aliphatic rings. The third-order valence-corrected chi connectivity index (χ3v) is 4.55. The zero-order chi connectivity index (χ0) is 14.8. The molecule has 0 aromatic carbocycles. The summed E-state index contributed by atoms with van der Waals surface area (Å²) in [5, 5.41) is 0. The Morgan fingerprint density at radius 2 is 1.58 bits per heavy atom. The summed E-state index contributed by atoms with van der Waals surface area (Å²) in [4.78, 5) is 14.6. The maximum Gasteiger partial charge on any atom is 0.147 e. The number of carbonyl (C=O) groups is 1. The highest BCUT2D eigenvalue weighted by molar-refractivity contribution is 5.81. The van der Waals surface area contributed by atoms with Crippen molar-refractivity contribution in [1.82, 2.24) is 4.90 Å². The van der Waals surface area contributed by atoms with Crippen molar-refractivity contribution in [3.8, 4) is 0 Å². The fourth-order valence-electron chi connectivity index (χ4n) is 3.45. The van der Waals surface area contributed by atoms with Crippen molar-refractivity contribution in [2.75, 3.05) is 19.6 Å². The van der Waals surface area contributed by atoms with Gasteiger partial charge in [0, 0.05) is 13.0 Å². The molecule has 19 heavy (non-hydrogen) atoms. The van der Waals surface area contributed by atoms with E-state index in [2.05, 4.69) is 53.4 Å². The van der Waals surface area contributed by atoms with Crippen LogP contribution in [0, 0.1) is 22.7 Å². The second-order valence-electron chi connectivity index (χ2n) is 8.42. The molecule has 1 saturated heterocycles. The minimum absolute atomic E-state index is 0.204. The molecule has 2 unspecified atom stereocenters. The Balaban J connectivity index is 3.04. The van der Waals surface area contributed by atoms with Gasteiger partial charge in [0.25, 0.3) is 0 Å². The SMILES string of the molecule is CCCN1CC(=O)CC(C(C)(C)C)C(C(C)(C)C)C1. The molecular weight excluding hydrogens is 234 g/mol.